The molecule has 0 aliphatic heterocycles. The average Bonchev–Trinajstić information content (AvgIpc) is 2.61. The monoisotopic (exact) mass is 395 g/mol. The molecule has 0 spiro atoms. The maximum absolute atomic E-state index is 12.4. The second-order valence-electron chi connectivity index (χ2n) is 6.04. The Labute approximate surface area is 159 Å². The van der Waals surface area contributed by atoms with Crippen LogP contribution in [0.5, 0.6) is 0 Å². The third-order valence-electron chi connectivity index (χ3n) is 3.84. The zero-order valence-electron chi connectivity index (χ0n) is 14.9. The fourth-order valence-corrected chi connectivity index (χ4v) is 3.58. The standard InChI is InChI=1S/C18H22ClN3O3S/c1-21(2)26(24,25)17-7-5-4-6-15(17)12-20-18(23)22(3)13-14-8-10-16(19)11-9-14/h4-11H,12-13H2,1-3H3,(H,20,23). The minimum atomic E-state index is -3.57. The molecule has 140 valence electrons. The number of carbonyl (C=O) groups is 1. The van der Waals surface area contributed by atoms with Crippen molar-refractivity contribution in [2.75, 3.05) is 21.1 Å². The van der Waals surface area contributed by atoms with Gasteiger partial charge in [0.15, 0.2) is 0 Å². The molecule has 0 saturated carbocycles. The van der Waals surface area contributed by atoms with E-state index in [0.29, 0.717) is 17.1 Å². The van der Waals surface area contributed by atoms with Gasteiger partial charge in [0, 0.05) is 39.3 Å². The Hall–Kier alpha value is -2.09. The van der Waals surface area contributed by atoms with E-state index < -0.39 is 10.0 Å². The molecule has 6 nitrogen and oxygen atoms in total. The maximum atomic E-state index is 12.4. The number of rotatable bonds is 6. The smallest absolute Gasteiger partial charge is 0.317 e. The Morgan fingerprint density at radius 1 is 1.04 bits per heavy atom. The number of hydrogen-bond donors (Lipinski definition) is 1. The molecule has 0 aliphatic rings. The third kappa shape index (κ3) is 4.97. The van der Waals surface area contributed by atoms with E-state index in [0.717, 1.165) is 9.87 Å². The number of sulfonamides is 1. The average molecular weight is 396 g/mol. The fraction of sp³-hybridized carbons (Fsp3) is 0.278. The van der Waals surface area contributed by atoms with Crippen LogP contribution in [0, 0.1) is 0 Å². The Kier molecular flexibility index (Phi) is 6.63. The maximum Gasteiger partial charge on any atom is 0.317 e. The van der Waals surface area contributed by atoms with Gasteiger partial charge in [0.25, 0.3) is 0 Å². The number of carbonyl (C=O) groups excluding carboxylic acids is 1. The quantitative estimate of drug-likeness (QED) is 0.817. The lowest BCUT2D eigenvalue weighted by Crippen LogP contribution is -2.36. The molecule has 0 aromatic heterocycles. The van der Waals surface area contributed by atoms with Gasteiger partial charge in [-0.2, -0.15) is 0 Å². The summed E-state index contributed by atoms with van der Waals surface area (Å²) in [6.07, 6.45) is 0. The highest BCUT2D eigenvalue weighted by Gasteiger charge is 2.21. The zero-order valence-corrected chi connectivity index (χ0v) is 16.5. The van der Waals surface area contributed by atoms with Gasteiger partial charge in [-0.15, -0.1) is 0 Å². The molecule has 0 unspecified atom stereocenters. The molecule has 8 heteroatoms. The van der Waals surface area contributed by atoms with Crippen LogP contribution in [0.2, 0.25) is 5.02 Å². The summed E-state index contributed by atoms with van der Waals surface area (Å²) in [5.41, 5.74) is 1.48. The van der Waals surface area contributed by atoms with Crippen molar-refractivity contribution in [3.05, 3.63) is 64.7 Å². The summed E-state index contributed by atoms with van der Waals surface area (Å²) in [6, 6.07) is 13.6. The molecule has 0 heterocycles. The summed E-state index contributed by atoms with van der Waals surface area (Å²) in [6.45, 7) is 0.535. The molecule has 2 aromatic carbocycles. The highest BCUT2D eigenvalue weighted by molar-refractivity contribution is 7.89. The van der Waals surface area contributed by atoms with E-state index in [1.165, 1.54) is 25.1 Å². The van der Waals surface area contributed by atoms with Gasteiger partial charge < -0.3 is 10.2 Å². The number of nitrogens with one attached hydrogen (secondary N) is 1. The van der Waals surface area contributed by atoms with E-state index in [9.17, 15) is 13.2 Å². The second kappa shape index (κ2) is 8.53. The molecule has 26 heavy (non-hydrogen) atoms. The minimum Gasteiger partial charge on any atom is -0.334 e. The van der Waals surface area contributed by atoms with Crippen LogP contribution < -0.4 is 5.32 Å². The minimum absolute atomic E-state index is 0.118. The number of halogens is 1. The molecule has 2 amide bonds. The predicted octanol–water partition coefficient (Wildman–Crippen LogP) is 2.93. The number of urea groups is 1. The topological polar surface area (TPSA) is 69.7 Å². The second-order valence-corrected chi connectivity index (χ2v) is 8.59. The van der Waals surface area contributed by atoms with Gasteiger partial charge in [-0.25, -0.2) is 17.5 Å². The lowest BCUT2D eigenvalue weighted by Gasteiger charge is -2.19. The van der Waals surface area contributed by atoms with Crippen molar-refractivity contribution in [2.24, 2.45) is 0 Å². The Bertz CT molecular complexity index is 868. The summed E-state index contributed by atoms with van der Waals surface area (Å²) in [4.78, 5) is 14.0. The summed E-state index contributed by atoms with van der Waals surface area (Å²) in [5, 5.41) is 3.40. The molecule has 0 bridgehead atoms. The Balaban J connectivity index is 2.04. The summed E-state index contributed by atoms with van der Waals surface area (Å²) >= 11 is 5.86. The van der Waals surface area contributed by atoms with Crippen LogP contribution in [0.4, 0.5) is 4.79 Å². The van der Waals surface area contributed by atoms with Gasteiger partial charge >= 0.3 is 6.03 Å². The van der Waals surface area contributed by atoms with E-state index in [-0.39, 0.29) is 17.5 Å². The summed E-state index contributed by atoms with van der Waals surface area (Å²) in [5.74, 6) is 0. The van der Waals surface area contributed by atoms with Crippen LogP contribution in [0.25, 0.3) is 0 Å². The molecular weight excluding hydrogens is 374 g/mol. The number of amides is 2. The Morgan fingerprint density at radius 3 is 2.27 bits per heavy atom. The van der Waals surface area contributed by atoms with Gasteiger partial charge in [0.05, 0.1) is 4.90 Å². The van der Waals surface area contributed by atoms with Gasteiger partial charge in [0.1, 0.15) is 0 Å². The fourth-order valence-electron chi connectivity index (χ4n) is 2.34. The van der Waals surface area contributed by atoms with E-state index in [1.54, 1.807) is 37.4 Å². The van der Waals surface area contributed by atoms with E-state index in [2.05, 4.69) is 5.32 Å². The van der Waals surface area contributed by atoms with Crippen LogP contribution >= 0.6 is 11.6 Å². The van der Waals surface area contributed by atoms with E-state index in [1.807, 2.05) is 12.1 Å². The van der Waals surface area contributed by atoms with E-state index in [4.69, 9.17) is 11.6 Å². The molecule has 0 radical (unpaired) electrons. The van der Waals surface area contributed by atoms with Crippen LogP contribution in [0.15, 0.2) is 53.4 Å². The molecular formula is C18H22ClN3O3S. The normalized spacial score (nSPS) is 11.4. The summed E-state index contributed by atoms with van der Waals surface area (Å²) in [7, 11) is 1.05. The van der Waals surface area contributed by atoms with Crippen LogP contribution in [0.3, 0.4) is 0 Å². The summed E-state index contributed by atoms with van der Waals surface area (Å²) < 4.78 is 25.9. The van der Waals surface area contributed by atoms with Crippen molar-refractivity contribution in [1.82, 2.24) is 14.5 Å². The van der Waals surface area contributed by atoms with Gasteiger partial charge in [-0.1, -0.05) is 41.9 Å². The SMILES string of the molecule is CN(Cc1ccc(Cl)cc1)C(=O)NCc1ccccc1S(=O)(=O)N(C)C. The first kappa shape index (κ1) is 20.2. The van der Waals surface area contributed by atoms with Gasteiger partial charge in [0.2, 0.25) is 10.0 Å². The van der Waals surface area contributed by atoms with Crippen LogP contribution in [-0.4, -0.2) is 44.8 Å². The van der Waals surface area contributed by atoms with Gasteiger partial charge in [-0.3, -0.25) is 0 Å². The lowest BCUT2D eigenvalue weighted by molar-refractivity contribution is 0.206. The molecule has 1 N–H and O–H groups in total. The molecule has 0 fully saturated rings. The molecule has 2 aromatic rings. The van der Waals surface area contributed by atoms with Crippen molar-refractivity contribution >= 4 is 27.7 Å². The number of nitrogens with zero attached hydrogens (tertiary/aromatic N) is 2. The van der Waals surface area contributed by atoms with Crippen LogP contribution in [-0.2, 0) is 23.1 Å². The van der Waals surface area contributed by atoms with Crippen molar-refractivity contribution in [2.45, 2.75) is 18.0 Å². The first-order chi connectivity index (χ1) is 12.2. The van der Waals surface area contributed by atoms with Crippen molar-refractivity contribution in [1.29, 1.82) is 0 Å². The lowest BCUT2D eigenvalue weighted by atomic mass is 10.2. The largest absolute Gasteiger partial charge is 0.334 e. The number of hydrogen-bond acceptors (Lipinski definition) is 3. The van der Waals surface area contributed by atoms with Crippen molar-refractivity contribution in [3.63, 3.8) is 0 Å². The molecule has 2 rings (SSSR count). The first-order valence-corrected chi connectivity index (χ1v) is 9.77. The van der Waals surface area contributed by atoms with Crippen molar-refractivity contribution in [3.8, 4) is 0 Å². The predicted molar refractivity (Wildman–Crippen MR) is 102 cm³/mol. The van der Waals surface area contributed by atoms with E-state index >= 15 is 0 Å². The first-order valence-electron chi connectivity index (χ1n) is 7.95. The molecule has 0 saturated heterocycles. The number of benzene rings is 2. The highest BCUT2D eigenvalue weighted by atomic mass is 35.5. The molecule has 0 atom stereocenters. The van der Waals surface area contributed by atoms with Gasteiger partial charge in [-0.05, 0) is 29.3 Å². The highest BCUT2D eigenvalue weighted by Crippen LogP contribution is 2.18. The Morgan fingerprint density at radius 2 is 1.65 bits per heavy atom. The molecule has 0 aliphatic carbocycles. The third-order valence-corrected chi connectivity index (χ3v) is 6.01. The van der Waals surface area contributed by atoms with Crippen molar-refractivity contribution < 1.29 is 13.2 Å². The van der Waals surface area contributed by atoms with Crippen LogP contribution in [0.1, 0.15) is 11.1 Å². The zero-order chi connectivity index (χ0) is 19.3.